The van der Waals surface area contributed by atoms with Crippen LogP contribution in [0.1, 0.15) is 13.3 Å². The van der Waals surface area contributed by atoms with Crippen molar-refractivity contribution in [2.75, 3.05) is 27.3 Å². The highest BCUT2D eigenvalue weighted by Crippen LogP contribution is 2.35. The zero-order valence-electron chi connectivity index (χ0n) is 13.3. The molecule has 6 nitrogen and oxygen atoms in total. The SMILES string of the molecule is COc1cc(Cl)c(S(=O)(=O)NC2CNCCC2C)cc1OC.Cl. The van der Waals surface area contributed by atoms with E-state index in [4.69, 9.17) is 21.1 Å². The van der Waals surface area contributed by atoms with E-state index in [1.54, 1.807) is 0 Å². The second-order valence-corrected chi connectivity index (χ2v) is 7.43. The largest absolute Gasteiger partial charge is 0.493 e. The van der Waals surface area contributed by atoms with E-state index in [0.717, 1.165) is 13.0 Å². The Hall–Kier alpha value is -0.730. The minimum Gasteiger partial charge on any atom is -0.493 e. The van der Waals surface area contributed by atoms with Gasteiger partial charge in [-0.1, -0.05) is 18.5 Å². The zero-order chi connectivity index (χ0) is 16.3. The molecule has 2 atom stereocenters. The van der Waals surface area contributed by atoms with Crippen LogP contribution in [0.25, 0.3) is 0 Å². The highest BCUT2D eigenvalue weighted by molar-refractivity contribution is 7.89. The van der Waals surface area contributed by atoms with Gasteiger partial charge in [0.25, 0.3) is 0 Å². The van der Waals surface area contributed by atoms with Crippen molar-refractivity contribution < 1.29 is 17.9 Å². The monoisotopic (exact) mass is 384 g/mol. The molecule has 0 aromatic heterocycles. The van der Waals surface area contributed by atoms with Gasteiger partial charge in [-0.15, -0.1) is 12.4 Å². The van der Waals surface area contributed by atoms with Crippen LogP contribution in [0.2, 0.25) is 5.02 Å². The lowest BCUT2D eigenvalue weighted by Crippen LogP contribution is -2.50. The summed E-state index contributed by atoms with van der Waals surface area (Å²) in [5.74, 6) is 0.969. The number of hydrogen-bond acceptors (Lipinski definition) is 5. The molecule has 132 valence electrons. The molecular formula is C14H22Cl2N2O4S. The van der Waals surface area contributed by atoms with E-state index < -0.39 is 10.0 Å². The lowest BCUT2D eigenvalue weighted by atomic mass is 9.96. The standard InChI is InChI=1S/C14H21ClN2O4S.ClH/c1-9-4-5-16-8-11(9)17-22(18,19)14-7-13(21-3)12(20-2)6-10(14)15;/h6-7,9,11,16-17H,4-5,8H2,1-3H3;1H. The van der Waals surface area contributed by atoms with Crippen molar-refractivity contribution in [3.63, 3.8) is 0 Å². The summed E-state index contributed by atoms with van der Waals surface area (Å²) in [6, 6.07) is 2.66. The molecule has 2 unspecified atom stereocenters. The fourth-order valence-electron chi connectivity index (χ4n) is 2.45. The molecule has 1 fully saturated rings. The highest BCUT2D eigenvalue weighted by atomic mass is 35.5. The number of sulfonamides is 1. The smallest absolute Gasteiger partial charge is 0.242 e. The first-order valence-corrected chi connectivity index (χ1v) is 8.89. The van der Waals surface area contributed by atoms with Crippen molar-refractivity contribution >= 4 is 34.0 Å². The number of halogens is 2. The number of benzene rings is 1. The molecule has 1 heterocycles. The van der Waals surface area contributed by atoms with Gasteiger partial charge in [0.15, 0.2) is 11.5 Å². The third-order valence-corrected chi connectivity index (χ3v) is 5.82. The first-order chi connectivity index (χ1) is 10.4. The molecule has 0 radical (unpaired) electrons. The van der Waals surface area contributed by atoms with Crippen LogP contribution < -0.4 is 19.5 Å². The fraction of sp³-hybridized carbons (Fsp3) is 0.571. The first kappa shape index (κ1) is 20.3. The van der Waals surface area contributed by atoms with Crippen LogP contribution in [0.3, 0.4) is 0 Å². The van der Waals surface area contributed by atoms with Crippen LogP contribution in [0.15, 0.2) is 17.0 Å². The molecule has 9 heteroatoms. The van der Waals surface area contributed by atoms with Gasteiger partial charge in [-0.05, 0) is 18.9 Å². The summed E-state index contributed by atoms with van der Waals surface area (Å²) in [7, 11) is -0.823. The van der Waals surface area contributed by atoms with Gasteiger partial charge >= 0.3 is 0 Å². The molecule has 1 saturated heterocycles. The summed E-state index contributed by atoms with van der Waals surface area (Å²) >= 11 is 6.11. The zero-order valence-corrected chi connectivity index (χ0v) is 15.6. The number of piperidine rings is 1. The predicted octanol–water partition coefficient (Wildman–Crippen LogP) is 2.06. The van der Waals surface area contributed by atoms with Crippen molar-refractivity contribution in [1.82, 2.24) is 10.0 Å². The van der Waals surface area contributed by atoms with Crippen LogP contribution in [-0.4, -0.2) is 41.8 Å². The average Bonchev–Trinajstić information content (AvgIpc) is 2.48. The summed E-state index contributed by atoms with van der Waals surface area (Å²) < 4.78 is 38.2. The van der Waals surface area contributed by atoms with E-state index >= 15 is 0 Å². The lowest BCUT2D eigenvalue weighted by molar-refractivity contribution is 0.327. The third-order valence-electron chi connectivity index (χ3n) is 3.86. The second kappa shape index (κ2) is 8.39. The Morgan fingerprint density at radius 2 is 1.87 bits per heavy atom. The number of methoxy groups -OCH3 is 2. The van der Waals surface area contributed by atoms with Gasteiger partial charge in [-0.2, -0.15) is 0 Å². The molecule has 1 aromatic rings. The maximum atomic E-state index is 12.6. The first-order valence-electron chi connectivity index (χ1n) is 7.03. The maximum absolute atomic E-state index is 12.6. The number of ether oxygens (including phenoxy) is 2. The number of rotatable bonds is 5. The van der Waals surface area contributed by atoms with Crippen molar-refractivity contribution in [3.05, 3.63) is 17.2 Å². The lowest BCUT2D eigenvalue weighted by Gasteiger charge is -2.30. The summed E-state index contributed by atoms with van der Waals surface area (Å²) in [5, 5.41) is 3.29. The molecule has 0 aliphatic carbocycles. The van der Waals surface area contributed by atoms with Crippen molar-refractivity contribution in [2.24, 2.45) is 5.92 Å². The molecule has 0 amide bonds. The molecule has 1 aromatic carbocycles. The van der Waals surface area contributed by atoms with Gasteiger partial charge in [-0.3, -0.25) is 0 Å². The third kappa shape index (κ3) is 4.64. The van der Waals surface area contributed by atoms with E-state index in [9.17, 15) is 8.42 Å². The van der Waals surface area contributed by atoms with Crippen molar-refractivity contribution in [2.45, 2.75) is 24.3 Å². The molecule has 0 spiro atoms. The Bertz CT molecular complexity index is 640. The van der Waals surface area contributed by atoms with Gasteiger partial charge in [0.2, 0.25) is 10.0 Å². The quantitative estimate of drug-likeness (QED) is 0.812. The Kier molecular flexibility index (Phi) is 7.41. The summed E-state index contributed by atoms with van der Waals surface area (Å²) in [6.45, 7) is 3.53. The van der Waals surface area contributed by atoms with E-state index in [0.29, 0.717) is 18.0 Å². The van der Waals surface area contributed by atoms with Gasteiger partial charge in [0.05, 0.1) is 19.2 Å². The van der Waals surface area contributed by atoms with Gasteiger partial charge in [0, 0.05) is 24.7 Å². The predicted molar refractivity (Wildman–Crippen MR) is 92.6 cm³/mol. The van der Waals surface area contributed by atoms with E-state index in [1.165, 1.54) is 26.4 Å². The Morgan fingerprint density at radius 1 is 1.26 bits per heavy atom. The van der Waals surface area contributed by atoms with Crippen LogP contribution in [-0.2, 0) is 10.0 Å². The molecule has 2 rings (SSSR count). The molecule has 0 saturated carbocycles. The summed E-state index contributed by atoms with van der Waals surface area (Å²) in [5.41, 5.74) is 0. The maximum Gasteiger partial charge on any atom is 0.242 e. The Balaban J connectivity index is 0.00000264. The van der Waals surface area contributed by atoms with E-state index in [-0.39, 0.29) is 34.3 Å². The van der Waals surface area contributed by atoms with Crippen LogP contribution in [0.4, 0.5) is 0 Å². The number of nitrogens with one attached hydrogen (secondary N) is 2. The van der Waals surface area contributed by atoms with Crippen LogP contribution >= 0.6 is 24.0 Å². The minimum absolute atomic E-state index is 0. The highest BCUT2D eigenvalue weighted by Gasteiger charge is 2.29. The molecule has 2 N–H and O–H groups in total. The van der Waals surface area contributed by atoms with Crippen LogP contribution in [0, 0.1) is 5.92 Å². The summed E-state index contributed by atoms with van der Waals surface area (Å²) in [6.07, 6.45) is 0.923. The van der Waals surface area contributed by atoms with Gasteiger partial charge < -0.3 is 14.8 Å². The summed E-state index contributed by atoms with van der Waals surface area (Å²) in [4.78, 5) is -0.00964. The minimum atomic E-state index is -3.74. The van der Waals surface area contributed by atoms with Crippen LogP contribution in [0.5, 0.6) is 11.5 Å². The Morgan fingerprint density at radius 3 is 2.43 bits per heavy atom. The van der Waals surface area contributed by atoms with Gasteiger partial charge in [0.1, 0.15) is 4.90 Å². The second-order valence-electron chi connectivity index (χ2n) is 5.34. The molecule has 0 bridgehead atoms. The van der Waals surface area contributed by atoms with Gasteiger partial charge in [-0.25, -0.2) is 13.1 Å². The van der Waals surface area contributed by atoms with E-state index in [2.05, 4.69) is 10.0 Å². The topological polar surface area (TPSA) is 76.7 Å². The molecule has 1 aliphatic heterocycles. The molecule has 23 heavy (non-hydrogen) atoms. The van der Waals surface area contributed by atoms with Crippen molar-refractivity contribution in [1.29, 1.82) is 0 Å². The molecule has 1 aliphatic rings. The fourth-order valence-corrected chi connectivity index (χ4v) is 4.33. The Labute approximate surface area is 148 Å². The number of hydrogen-bond donors (Lipinski definition) is 2. The normalized spacial score (nSPS) is 21.4. The van der Waals surface area contributed by atoms with E-state index in [1.807, 2.05) is 6.92 Å². The molecular weight excluding hydrogens is 363 g/mol. The average molecular weight is 385 g/mol. The van der Waals surface area contributed by atoms with Crippen molar-refractivity contribution in [3.8, 4) is 11.5 Å².